The number of carbonyl (C=O) groups excluding carboxylic acids is 1. The van der Waals surface area contributed by atoms with Crippen molar-refractivity contribution < 1.29 is 4.79 Å². The minimum atomic E-state index is 0.350. The van der Waals surface area contributed by atoms with Gasteiger partial charge in [-0.2, -0.15) is 0 Å². The zero-order valence-electron chi connectivity index (χ0n) is 9.46. The van der Waals surface area contributed by atoms with Crippen LogP contribution >= 0.6 is 21.6 Å². The average molecular weight is 247 g/mol. The Labute approximate surface area is 101 Å². The summed E-state index contributed by atoms with van der Waals surface area (Å²) in [5, 5.41) is 3.75. The molecule has 0 aromatic heterocycles. The normalized spacial score (nSPS) is 21.5. The number of carbonyl (C=O) groups is 1. The smallest absolute Gasteiger partial charge is 0.146 e. The maximum absolute atomic E-state index is 11.2. The highest BCUT2D eigenvalue weighted by Crippen LogP contribution is 2.37. The summed E-state index contributed by atoms with van der Waals surface area (Å²) in [4.78, 5) is 11.2. The van der Waals surface area contributed by atoms with Crippen molar-refractivity contribution in [2.24, 2.45) is 0 Å². The number of hydrogen-bond acceptors (Lipinski definition) is 4. The Kier molecular flexibility index (Phi) is 7.57. The molecule has 0 aromatic carbocycles. The Hall–Kier alpha value is 0.330. The van der Waals surface area contributed by atoms with E-state index >= 15 is 0 Å². The summed E-state index contributed by atoms with van der Waals surface area (Å²) in [6, 6.07) is 0. The average Bonchev–Trinajstić information content (AvgIpc) is 2.26. The number of rotatable bonds is 7. The molecule has 1 aliphatic rings. The third kappa shape index (κ3) is 6.48. The van der Waals surface area contributed by atoms with E-state index in [1.54, 1.807) is 0 Å². The predicted octanol–water partition coefficient (Wildman–Crippen LogP) is 2.88. The molecule has 0 bridgehead atoms. The fourth-order valence-corrected chi connectivity index (χ4v) is 4.63. The Balaban J connectivity index is 1.93. The molecule has 0 aromatic rings. The van der Waals surface area contributed by atoms with Crippen LogP contribution in [0.1, 0.15) is 38.5 Å². The highest BCUT2D eigenvalue weighted by molar-refractivity contribution is 8.77. The van der Waals surface area contributed by atoms with E-state index in [0.29, 0.717) is 12.3 Å². The SMILES string of the molecule is CNCC(=O)CCCCC1CCCSS1. The zero-order valence-corrected chi connectivity index (χ0v) is 11.1. The lowest BCUT2D eigenvalue weighted by atomic mass is 10.1. The highest BCUT2D eigenvalue weighted by Gasteiger charge is 2.13. The Bertz CT molecular complexity index is 181. The largest absolute Gasteiger partial charge is 0.313 e. The molecule has 0 saturated carbocycles. The second kappa shape index (κ2) is 8.48. The van der Waals surface area contributed by atoms with Gasteiger partial charge in [0, 0.05) is 17.4 Å². The molecule has 1 rings (SSSR count). The lowest BCUT2D eigenvalue weighted by Gasteiger charge is -2.19. The van der Waals surface area contributed by atoms with Crippen LogP contribution in [0.3, 0.4) is 0 Å². The van der Waals surface area contributed by atoms with Gasteiger partial charge in [0.05, 0.1) is 6.54 Å². The molecule has 1 heterocycles. The van der Waals surface area contributed by atoms with Gasteiger partial charge in [-0.15, -0.1) is 0 Å². The summed E-state index contributed by atoms with van der Waals surface area (Å²) in [6.45, 7) is 0.536. The minimum Gasteiger partial charge on any atom is -0.313 e. The quantitative estimate of drug-likeness (QED) is 0.553. The molecule has 0 aliphatic carbocycles. The van der Waals surface area contributed by atoms with Gasteiger partial charge in [-0.3, -0.25) is 4.79 Å². The zero-order chi connectivity index (χ0) is 10.9. The molecular weight excluding hydrogens is 226 g/mol. The van der Waals surface area contributed by atoms with Crippen molar-refractivity contribution in [2.75, 3.05) is 19.3 Å². The Morgan fingerprint density at radius 1 is 1.47 bits per heavy atom. The molecule has 1 unspecified atom stereocenters. The van der Waals surface area contributed by atoms with Crippen LogP contribution in [0.5, 0.6) is 0 Å². The highest BCUT2D eigenvalue weighted by atomic mass is 33.1. The molecule has 4 heteroatoms. The fraction of sp³-hybridized carbons (Fsp3) is 0.909. The van der Waals surface area contributed by atoms with E-state index in [1.165, 1.54) is 31.4 Å². The maximum Gasteiger partial charge on any atom is 0.146 e. The maximum atomic E-state index is 11.2. The van der Waals surface area contributed by atoms with Crippen molar-refractivity contribution in [3.05, 3.63) is 0 Å². The van der Waals surface area contributed by atoms with E-state index in [1.807, 2.05) is 17.8 Å². The van der Waals surface area contributed by atoms with Gasteiger partial charge in [-0.25, -0.2) is 0 Å². The number of Topliss-reactive ketones (excluding diaryl/α,β-unsaturated/α-hetero) is 1. The van der Waals surface area contributed by atoms with Gasteiger partial charge >= 0.3 is 0 Å². The molecular formula is C11H21NOS2. The van der Waals surface area contributed by atoms with Gasteiger partial charge in [-0.05, 0) is 32.7 Å². The van der Waals surface area contributed by atoms with E-state index in [-0.39, 0.29) is 0 Å². The van der Waals surface area contributed by atoms with Gasteiger partial charge in [0.15, 0.2) is 0 Å². The van der Waals surface area contributed by atoms with Gasteiger partial charge in [0.2, 0.25) is 0 Å². The van der Waals surface area contributed by atoms with E-state index < -0.39 is 0 Å². The topological polar surface area (TPSA) is 29.1 Å². The summed E-state index contributed by atoms with van der Waals surface area (Å²) in [5.41, 5.74) is 0. The summed E-state index contributed by atoms with van der Waals surface area (Å²) in [5.74, 6) is 1.67. The van der Waals surface area contributed by atoms with Crippen LogP contribution in [-0.4, -0.2) is 30.4 Å². The first-order valence-corrected chi connectivity index (χ1v) is 8.15. The number of hydrogen-bond donors (Lipinski definition) is 1. The van der Waals surface area contributed by atoms with E-state index in [2.05, 4.69) is 16.1 Å². The first kappa shape index (κ1) is 13.4. The molecule has 0 radical (unpaired) electrons. The molecule has 0 spiro atoms. The molecule has 1 aliphatic heterocycles. The van der Waals surface area contributed by atoms with Crippen molar-refractivity contribution in [1.82, 2.24) is 5.32 Å². The molecule has 2 nitrogen and oxygen atoms in total. The summed E-state index contributed by atoms with van der Waals surface area (Å²) in [6.07, 6.45) is 7.09. The Morgan fingerprint density at radius 2 is 2.33 bits per heavy atom. The summed E-state index contributed by atoms with van der Waals surface area (Å²) < 4.78 is 0. The van der Waals surface area contributed by atoms with Crippen molar-refractivity contribution >= 4 is 27.4 Å². The lowest BCUT2D eigenvalue weighted by Crippen LogP contribution is -2.18. The van der Waals surface area contributed by atoms with Crippen LogP contribution in [-0.2, 0) is 4.79 Å². The van der Waals surface area contributed by atoms with Crippen molar-refractivity contribution in [1.29, 1.82) is 0 Å². The minimum absolute atomic E-state index is 0.350. The molecule has 15 heavy (non-hydrogen) atoms. The van der Waals surface area contributed by atoms with Crippen LogP contribution in [0.2, 0.25) is 0 Å². The van der Waals surface area contributed by atoms with Gasteiger partial charge in [-0.1, -0.05) is 28.0 Å². The lowest BCUT2D eigenvalue weighted by molar-refractivity contribution is -0.118. The molecule has 1 atom stereocenters. The second-order valence-corrected chi connectivity index (χ2v) is 6.78. The Morgan fingerprint density at radius 3 is 3.00 bits per heavy atom. The van der Waals surface area contributed by atoms with E-state index in [9.17, 15) is 4.79 Å². The fourth-order valence-electron chi connectivity index (χ4n) is 1.73. The number of likely N-dealkylation sites (N-methyl/N-ethyl adjacent to an activating group) is 1. The van der Waals surface area contributed by atoms with Gasteiger partial charge in [0.1, 0.15) is 5.78 Å². The summed E-state index contributed by atoms with van der Waals surface area (Å²) in [7, 11) is 5.89. The molecule has 0 amide bonds. The second-order valence-electron chi connectivity index (χ2n) is 4.00. The molecule has 1 N–H and O–H groups in total. The standard InChI is InChI=1S/C11H21NOS2/c1-12-9-10(13)5-2-3-6-11-7-4-8-14-15-11/h11-12H,2-9H2,1H3. The van der Waals surface area contributed by atoms with Gasteiger partial charge < -0.3 is 5.32 Å². The summed E-state index contributed by atoms with van der Waals surface area (Å²) >= 11 is 0. The monoisotopic (exact) mass is 247 g/mol. The van der Waals surface area contributed by atoms with Gasteiger partial charge in [0.25, 0.3) is 0 Å². The van der Waals surface area contributed by atoms with Crippen LogP contribution in [0.25, 0.3) is 0 Å². The van der Waals surface area contributed by atoms with Crippen molar-refractivity contribution in [3.63, 3.8) is 0 Å². The van der Waals surface area contributed by atoms with Crippen LogP contribution < -0.4 is 5.32 Å². The number of unbranched alkanes of at least 4 members (excludes halogenated alkanes) is 1. The van der Waals surface area contributed by atoms with Crippen LogP contribution in [0, 0.1) is 0 Å². The van der Waals surface area contributed by atoms with E-state index in [0.717, 1.165) is 18.1 Å². The predicted molar refractivity (Wildman–Crippen MR) is 70.5 cm³/mol. The third-order valence-corrected chi connectivity index (χ3v) is 5.62. The van der Waals surface area contributed by atoms with E-state index in [4.69, 9.17) is 0 Å². The first-order valence-electron chi connectivity index (χ1n) is 5.77. The molecule has 88 valence electrons. The third-order valence-electron chi connectivity index (χ3n) is 2.56. The van der Waals surface area contributed by atoms with Crippen LogP contribution in [0.15, 0.2) is 0 Å². The molecule has 1 fully saturated rings. The number of ketones is 1. The number of nitrogens with one attached hydrogen (secondary N) is 1. The first-order chi connectivity index (χ1) is 7.33. The van der Waals surface area contributed by atoms with Crippen molar-refractivity contribution in [3.8, 4) is 0 Å². The molecule has 1 saturated heterocycles. The van der Waals surface area contributed by atoms with Crippen LogP contribution in [0.4, 0.5) is 0 Å². The van der Waals surface area contributed by atoms with Crippen molar-refractivity contribution in [2.45, 2.75) is 43.8 Å².